The monoisotopic (exact) mass is 347 g/mol. The molecule has 6 heteroatoms. The summed E-state index contributed by atoms with van der Waals surface area (Å²) in [4.78, 5) is 26.9. The minimum atomic E-state index is -0.957. The number of amides is 2. The van der Waals surface area contributed by atoms with E-state index in [4.69, 9.17) is 5.73 Å². The van der Waals surface area contributed by atoms with Crippen LogP contribution in [0.4, 0.5) is 5.69 Å². The Morgan fingerprint density at radius 3 is 3.05 bits per heavy atom. The number of hydrogen-bond acceptors (Lipinski definition) is 3. The molecule has 108 valence electrons. The van der Waals surface area contributed by atoms with E-state index in [1.165, 1.54) is 0 Å². The minimum Gasteiger partial charge on any atom is -0.372 e. The molecule has 0 aliphatic carbocycles. The van der Waals surface area contributed by atoms with Crippen molar-refractivity contribution in [3.05, 3.63) is 40.0 Å². The first kappa shape index (κ1) is 12.9. The molecule has 2 unspecified atom stereocenters. The number of anilines is 1. The van der Waals surface area contributed by atoms with Gasteiger partial charge in [-0.1, -0.05) is 15.9 Å². The largest absolute Gasteiger partial charge is 0.372 e. The molecule has 4 rings (SSSR count). The van der Waals surface area contributed by atoms with Crippen LogP contribution in [0.1, 0.15) is 18.4 Å². The fourth-order valence-corrected chi connectivity index (χ4v) is 4.37. The number of fused-ring (bicyclic) bond motifs is 4. The first-order chi connectivity index (χ1) is 10.0. The van der Waals surface area contributed by atoms with Gasteiger partial charge in [-0.15, -0.1) is 0 Å². The van der Waals surface area contributed by atoms with Crippen LogP contribution < -0.4 is 11.1 Å². The number of nitrogens with one attached hydrogen (secondary N) is 1. The van der Waals surface area contributed by atoms with Crippen molar-refractivity contribution in [1.29, 1.82) is 0 Å². The van der Waals surface area contributed by atoms with Gasteiger partial charge in [0.2, 0.25) is 11.8 Å². The lowest BCUT2D eigenvalue weighted by molar-refractivity contribution is -0.123. The standard InChI is InChI=1S/C15H14BrN3O2/c16-8-3-4-11-9(6-8)15(14(21)18-11)10(13(17)20)7-19-5-1-2-12(15)19/h3-4,6-7,12H,1-2,5H2,(H2,17,20)(H,18,21). The van der Waals surface area contributed by atoms with Crippen molar-refractivity contribution in [2.24, 2.45) is 5.73 Å². The quantitative estimate of drug-likeness (QED) is 0.807. The van der Waals surface area contributed by atoms with E-state index >= 15 is 0 Å². The molecule has 3 aliphatic heterocycles. The zero-order valence-corrected chi connectivity index (χ0v) is 12.8. The first-order valence-corrected chi connectivity index (χ1v) is 7.74. The summed E-state index contributed by atoms with van der Waals surface area (Å²) in [7, 11) is 0. The third-order valence-corrected chi connectivity index (χ3v) is 5.29. The summed E-state index contributed by atoms with van der Waals surface area (Å²) in [5.41, 5.74) is 6.65. The molecule has 1 aromatic rings. The van der Waals surface area contributed by atoms with E-state index in [-0.39, 0.29) is 11.9 Å². The maximum Gasteiger partial charge on any atom is 0.247 e. The topological polar surface area (TPSA) is 75.4 Å². The van der Waals surface area contributed by atoms with Crippen LogP contribution in [0.3, 0.4) is 0 Å². The van der Waals surface area contributed by atoms with E-state index in [0.29, 0.717) is 5.57 Å². The highest BCUT2D eigenvalue weighted by molar-refractivity contribution is 9.10. The molecule has 0 radical (unpaired) electrons. The molecule has 0 aromatic heterocycles. The second kappa shape index (κ2) is 4.10. The number of rotatable bonds is 1. The molecule has 1 saturated heterocycles. The average Bonchev–Trinajstić information content (AvgIpc) is 3.06. The van der Waals surface area contributed by atoms with Crippen LogP contribution in [0.5, 0.6) is 0 Å². The van der Waals surface area contributed by atoms with Gasteiger partial charge in [0.25, 0.3) is 0 Å². The second-order valence-electron chi connectivity index (χ2n) is 5.75. The van der Waals surface area contributed by atoms with Crippen LogP contribution in [0.2, 0.25) is 0 Å². The third kappa shape index (κ3) is 1.46. The Morgan fingerprint density at radius 2 is 2.29 bits per heavy atom. The number of hydrogen-bond donors (Lipinski definition) is 2. The van der Waals surface area contributed by atoms with Crippen LogP contribution in [-0.2, 0) is 15.0 Å². The zero-order chi connectivity index (χ0) is 14.8. The fraction of sp³-hybridized carbons (Fsp3) is 0.333. The predicted molar refractivity (Wildman–Crippen MR) is 81.5 cm³/mol. The van der Waals surface area contributed by atoms with Crippen LogP contribution in [0.15, 0.2) is 34.4 Å². The number of halogens is 1. The Kier molecular flexibility index (Phi) is 2.52. The summed E-state index contributed by atoms with van der Waals surface area (Å²) in [5.74, 6) is -0.664. The van der Waals surface area contributed by atoms with Gasteiger partial charge >= 0.3 is 0 Å². The maximum absolute atomic E-state index is 12.8. The van der Waals surface area contributed by atoms with Crippen molar-refractivity contribution in [2.75, 3.05) is 11.9 Å². The summed E-state index contributed by atoms with van der Waals surface area (Å²) in [6.07, 6.45) is 3.69. The Labute approximate surface area is 130 Å². The molecule has 2 amide bonds. The SMILES string of the molecule is NC(=O)C1=CN2CCCC2C12C(=O)Nc1ccc(Br)cc12. The summed E-state index contributed by atoms with van der Waals surface area (Å²) >= 11 is 3.46. The highest BCUT2D eigenvalue weighted by Gasteiger charge is 2.61. The molecule has 0 bridgehead atoms. The van der Waals surface area contributed by atoms with Crippen molar-refractivity contribution in [1.82, 2.24) is 4.90 Å². The van der Waals surface area contributed by atoms with Gasteiger partial charge in [-0.25, -0.2) is 0 Å². The number of carbonyl (C=O) groups is 2. The van der Waals surface area contributed by atoms with Crippen molar-refractivity contribution in [3.8, 4) is 0 Å². The molecule has 1 spiro atoms. The Balaban J connectivity index is 2.01. The predicted octanol–water partition coefficient (Wildman–Crippen LogP) is 1.49. The molecule has 1 aromatic carbocycles. The summed E-state index contributed by atoms with van der Waals surface area (Å²) in [6, 6.07) is 5.65. The van der Waals surface area contributed by atoms with E-state index in [9.17, 15) is 9.59 Å². The van der Waals surface area contributed by atoms with Crippen LogP contribution in [0.25, 0.3) is 0 Å². The average molecular weight is 348 g/mol. The number of nitrogens with two attached hydrogens (primary N) is 1. The van der Waals surface area contributed by atoms with Gasteiger partial charge in [0.15, 0.2) is 0 Å². The molecule has 3 N–H and O–H groups in total. The Hall–Kier alpha value is -1.82. The molecule has 2 atom stereocenters. The van der Waals surface area contributed by atoms with E-state index in [0.717, 1.165) is 35.1 Å². The lowest BCUT2D eigenvalue weighted by Gasteiger charge is -2.32. The minimum absolute atomic E-state index is 0.0180. The smallest absolute Gasteiger partial charge is 0.247 e. The van der Waals surface area contributed by atoms with E-state index in [1.54, 1.807) is 6.20 Å². The molecule has 0 saturated carbocycles. The lowest BCUT2D eigenvalue weighted by Crippen LogP contribution is -2.49. The van der Waals surface area contributed by atoms with Crippen molar-refractivity contribution < 1.29 is 9.59 Å². The van der Waals surface area contributed by atoms with Gasteiger partial charge in [-0.05, 0) is 36.6 Å². The zero-order valence-electron chi connectivity index (χ0n) is 11.2. The number of carbonyl (C=O) groups excluding carboxylic acids is 2. The van der Waals surface area contributed by atoms with Crippen molar-refractivity contribution in [2.45, 2.75) is 24.3 Å². The molecule has 5 nitrogen and oxygen atoms in total. The van der Waals surface area contributed by atoms with Crippen LogP contribution >= 0.6 is 15.9 Å². The molecule has 3 heterocycles. The number of benzene rings is 1. The van der Waals surface area contributed by atoms with Gasteiger partial charge in [0.05, 0.1) is 11.6 Å². The van der Waals surface area contributed by atoms with Gasteiger partial charge in [-0.3, -0.25) is 9.59 Å². The molecule has 3 aliphatic rings. The first-order valence-electron chi connectivity index (χ1n) is 6.94. The Morgan fingerprint density at radius 1 is 1.48 bits per heavy atom. The van der Waals surface area contributed by atoms with Crippen molar-refractivity contribution >= 4 is 33.4 Å². The molecule has 21 heavy (non-hydrogen) atoms. The summed E-state index contributed by atoms with van der Waals surface area (Å²) < 4.78 is 0.886. The van der Waals surface area contributed by atoms with Crippen LogP contribution in [-0.4, -0.2) is 29.3 Å². The lowest BCUT2D eigenvalue weighted by atomic mass is 9.70. The Bertz CT molecular complexity index is 715. The van der Waals surface area contributed by atoms with Gasteiger partial charge < -0.3 is 16.0 Å². The van der Waals surface area contributed by atoms with Gasteiger partial charge in [0.1, 0.15) is 5.41 Å². The second-order valence-corrected chi connectivity index (χ2v) is 6.67. The third-order valence-electron chi connectivity index (χ3n) is 4.79. The van der Waals surface area contributed by atoms with E-state index < -0.39 is 11.3 Å². The molecular weight excluding hydrogens is 334 g/mol. The normalized spacial score (nSPS) is 29.4. The summed E-state index contributed by atoms with van der Waals surface area (Å²) in [6.45, 7) is 0.861. The van der Waals surface area contributed by atoms with E-state index in [2.05, 4.69) is 26.1 Å². The highest BCUT2D eigenvalue weighted by atomic mass is 79.9. The molecular formula is C15H14BrN3O2. The van der Waals surface area contributed by atoms with Crippen molar-refractivity contribution in [3.63, 3.8) is 0 Å². The maximum atomic E-state index is 12.8. The summed E-state index contributed by atoms with van der Waals surface area (Å²) in [5, 5.41) is 2.92. The van der Waals surface area contributed by atoms with E-state index in [1.807, 2.05) is 18.2 Å². The fourth-order valence-electron chi connectivity index (χ4n) is 4.01. The number of primary amides is 1. The van der Waals surface area contributed by atoms with Crippen LogP contribution in [0, 0.1) is 0 Å². The highest BCUT2D eigenvalue weighted by Crippen LogP contribution is 2.53. The molecule has 1 fully saturated rings. The van der Waals surface area contributed by atoms with Gasteiger partial charge in [-0.2, -0.15) is 0 Å². The van der Waals surface area contributed by atoms with Gasteiger partial charge in [0, 0.05) is 22.9 Å². The number of nitrogens with zero attached hydrogens (tertiary/aromatic N) is 1.